The topological polar surface area (TPSA) is 72.2 Å². The van der Waals surface area contributed by atoms with Crippen LogP contribution in [0.15, 0.2) is 61.2 Å². The van der Waals surface area contributed by atoms with Crippen molar-refractivity contribution in [1.82, 2.24) is 20.1 Å². The second kappa shape index (κ2) is 9.48. The standard InChI is InChI=1S/C25H29F3N4O2/c1-18-10-20(12-22(11-18)25(26,27)28)19(2)34-15-24(21-6-4-3-5-7-21)9-8-23(14-33,13-29-24)32-16-30-31-17-32/h3-7,10-12,16-17,19,29,33H,8-9,13-15H2,1-2H3/t19-,23-,24+/m0/s1. The molecular formula is C25H29F3N4O2. The third kappa shape index (κ3) is 4.87. The average molecular weight is 475 g/mol. The van der Waals surface area contributed by atoms with E-state index in [0.717, 1.165) is 17.7 Å². The van der Waals surface area contributed by atoms with Crippen LogP contribution in [-0.2, 0) is 22.0 Å². The van der Waals surface area contributed by atoms with Crippen LogP contribution in [0.4, 0.5) is 13.2 Å². The van der Waals surface area contributed by atoms with E-state index in [1.807, 2.05) is 34.9 Å². The van der Waals surface area contributed by atoms with Gasteiger partial charge in [-0.3, -0.25) is 0 Å². The van der Waals surface area contributed by atoms with E-state index in [2.05, 4.69) is 15.5 Å². The molecule has 2 N–H and O–H groups in total. The molecule has 0 unspecified atom stereocenters. The maximum atomic E-state index is 13.3. The Morgan fingerprint density at radius 3 is 2.41 bits per heavy atom. The van der Waals surface area contributed by atoms with Gasteiger partial charge in [-0.1, -0.05) is 42.0 Å². The van der Waals surface area contributed by atoms with E-state index in [4.69, 9.17) is 4.74 Å². The molecular weight excluding hydrogens is 445 g/mol. The zero-order valence-corrected chi connectivity index (χ0v) is 19.2. The number of nitrogens with zero attached hydrogens (tertiary/aromatic N) is 3. The van der Waals surface area contributed by atoms with Crippen LogP contribution in [0.5, 0.6) is 0 Å². The minimum atomic E-state index is -4.41. The molecule has 0 aliphatic carbocycles. The molecule has 34 heavy (non-hydrogen) atoms. The molecule has 0 amide bonds. The second-order valence-corrected chi connectivity index (χ2v) is 9.14. The molecule has 182 valence electrons. The highest BCUT2D eigenvalue weighted by Gasteiger charge is 2.45. The third-order valence-corrected chi connectivity index (χ3v) is 6.84. The van der Waals surface area contributed by atoms with Crippen LogP contribution in [-0.4, -0.2) is 39.6 Å². The summed E-state index contributed by atoms with van der Waals surface area (Å²) in [5, 5.41) is 21.5. The molecule has 2 heterocycles. The molecule has 1 aliphatic rings. The molecule has 1 aliphatic heterocycles. The van der Waals surface area contributed by atoms with Crippen molar-refractivity contribution in [3.05, 3.63) is 83.4 Å². The average Bonchev–Trinajstić information content (AvgIpc) is 3.38. The van der Waals surface area contributed by atoms with Gasteiger partial charge in [0.2, 0.25) is 0 Å². The van der Waals surface area contributed by atoms with E-state index in [0.29, 0.717) is 30.5 Å². The first-order valence-electron chi connectivity index (χ1n) is 11.2. The van der Waals surface area contributed by atoms with Crippen LogP contribution < -0.4 is 5.32 Å². The fourth-order valence-corrected chi connectivity index (χ4v) is 4.62. The quantitative estimate of drug-likeness (QED) is 0.533. The summed E-state index contributed by atoms with van der Waals surface area (Å²) in [6.07, 6.45) is -0.463. The summed E-state index contributed by atoms with van der Waals surface area (Å²) in [6.45, 7) is 4.06. The van der Waals surface area contributed by atoms with Crippen LogP contribution in [0, 0.1) is 6.92 Å². The lowest BCUT2D eigenvalue weighted by atomic mass is 9.76. The van der Waals surface area contributed by atoms with E-state index in [9.17, 15) is 18.3 Å². The zero-order valence-electron chi connectivity index (χ0n) is 19.2. The Morgan fingerprint density at radius 2 is 1.82 bits per heavy atom. The van der Waals surface area contributed by atoms with Gasteiger partial charge in [-0.2, -0.15) is 13.2 Å². The summed E-state index contributed by atoms with van der Waals surface area (Å²) in [5.74, 6) is 0. The number of ether oxygens (including phenoxy) is 1. The summed E-state index contributed by atoms with van der Waals surface area (Å²) in [6, 6.07) is 13.9. The smallest absolute Gasteiger partial charge is 0.394 e. The maximum Gasteiger partial charge on any atom is 0.416 e. The Morgan fingerprint density at radius 1 is 1.12 bits per heavy atom. The van der Waals surface area contributed by atoms with E-state index < -0.39 is 28.9 Å². The van der Waals surface area contributed by atoms with Crippen molar-refractivity contribution in [2.45, 2.75) is 50.0 Å². The number of alkyl halides is 3. The fourth-order valence-electron chi connectivity index (χ4n) is 4.62. The van der Waals surface area contributed by atoms with E-state index in [1.54, 1.807) is 32.6 Å². The normalized spacial score (nSPS) is 24.2. The van der Waals surface area contributed by atoms with Crippen molar-refractivity contribution in [2.75, 3.05) is 19.8 Å². The van der Waals surface area contributed by atoms with Gasteiger partial charge in [-0.05, 0) is 49.9 Å². The molecule has 1 aromatic heterocycles. The van der Waals surface area contributed by atoms with Crippen molar-refractivity contribution in [3.8, 4) is 0 Å². The SMILES string of the molecule is Cc1cc([C@H](C)OC[C@@]2(c3ccccc3)CC[C@](CO)(n3cnnc3)CN2)cc(C(F)(F)F)c1. The highest BCUT2D eigenvalue weighted by Crippen LogP contribution is 2.39. The van der Waals surface area contributed by atoms with Crippen molar-refractivity contribution in [3.63, 3.8) is 0 Å². The van der Waals surface area contributed by atoms with E-state index in [-0.39, 0.29) is 13.2 Å². The Kier molecular flexibility index (Phi) is 6.80. The zero-order chi connectivity index (χ0) is 24.4. The Labute approximate surface area is 196 Å². The van der Waals surface area contributed by atoms with Gasteiger partial charge in [0.05, 0.1) is 36.0 Å². The Hall–Kier alpha value is -2.75. The first-order chi connectivity index (χ1) is 16.2. The number of aryl methyl sites for hydroxylation is 1. The van der Waals surface area contributed by atoms with Crippen molar-refractivity contribution >= 4 is 0 Å². The monoisotopic (exact) mass is 474 g/mol. The summed E-state index contributed by atoms with van der Waals surface area (Å²) in [4.78, 5) is 0. The lowest BCUT2D eigenvalue weighted by molar-refractivity contribution is -0.137. The van der Waals surface area contributed by atoms with Gasteiger partial charge in [0.15, 0.2) is 0 Å². The molecule has 9 heteroatoms. The molecule has 0 saturated carbocycles. The molecule has 3 aromatic rings. The number of nitrogens with one attached hydrogen (secondary N) is 1. The summed E-state index contributed by atoms with van der Waals surface area (Å²) < 4.78 is 48.0. The second-order valence-electron chi connectivity index (χ2n) is 9.14. The lowest BCUT2D eigenvalue weighted by Gasteiger charge is -2.47. The highest BCUT2D eigenvalue weighted by molar-refractivity contribution is 5.32. The molecule has 4 rings (SSSR count). The Bertz CT molecular complexity index is 1080. The van der Waals surface area contributed by atoms with Gasteiger partial charge >= 0.3 is 6.18 Å². The van der Waals surface area contributed by atoms with Gasteiger partial charge in [-0.25, -0.2) is 0 Å². The summed E-state index contributed by atoms with van der Waals surface area (Å²) >= 11 is 0. The van der Waals surface area contributed by atoms with Crippen LogP contribution in [0.25, 0.3) is 0 Å². The molecule has 0 radical (unpaired) electrons. The van der Waals surface area contributed by atoms with Crippen molar-refractivity contribution in [2.24, 2.45) is 0 Å². The predicted octanol–water partition coefficient (Wildman–Crippen LogP) is 4.35. The fraction of sp³-hybridized carbons (Fsp3) is 0.440. The minimum absolute atomic E-state index is 0.0797. The van der Waals surface area contributed by atoms with Crippen LogP contribution in [0.2, 0.25) is 0 Å². The number of aromatic nitrogens is 3. The number of hydrogen-bond acceptors (Lipinski definition) is 5. The molecule has 0 bridgehead atoms. The number of piperidine rings is 1. The largest absolute Gasteiger partial charge is 0.416 e. The van der Waals surface area contributed by atoms with Gasteiger partial charge < -0.3 is 19.7 Å². The minimum Gasteiger partial charge on any atom is -0.394 e. The van der Waals surface area contributed by atoms with Crippen LogP contribution in [0.3, 0.4) is 0 Å². The Balaban J connectivity index is 1.57. The molecule has 3 atom stereocenters. The maximum absolute atomic E-state index is 13.3. The number of benzene rings is 2. The summed E-state index contributed by atoms with van der Waals surface area (Å²) in [7, 11) is 0. The summed E-state index contributed by atoms with van der Waals surface area (Å²) in [5.41, 5.74) is 0.242. The molecule has 2 aromatic carbocycles. The molecule has 1 saturated heterocycles. The van der Waals surface area contributed by atoms with Gasteiger partial charge in [0, 0.05) is 6.54 Å². The van der Waals surface area contributed by atoms with Crippen molar-refractivity contribution in [1.29, 1.82) is 0 Å². The number of rotatable bonds is 7. The van der Waals surface area contributed by atoms with Gasteiger partial charge in [-0.15, -0.1) is 10.2 Å². The number of hydrogen-bond donors (Lipinski definition) is 2. The first-order valence-corrected chi connectivity index (χ1v) is 11.2. The third-order valence-electron chi connectivity index (χ3n) is 6.84. The highest BCUT2D eigenvalue weighted by atomic mass is 19.4. The van der Waals surface area contributed by atoms with Crippen molar-refractivity contribution < 1.29 is 23.0 Å². The lowest BCUT2D eigenvalue weighted by Crippen LogP contribution is -2.60. The van der Waals surface area contributed by atoms with Gasteiger partial charge in [0.1, 0.15) is 12.7 Å². The molecule has 1 fully saturated rings. The van der Waals surface area contributed by atoms with E-state index >= 15 is 0 Å². The number of halogens is 3. The van der Waals surface area contributed by atoms with Crippen LogP contribution in [0.1, 0.15) is 48.1 Å². The first kappa shape index (κ1) is 24.4. The number of aliphatic hydroxyl groups excluding tert-OH is 1. The molecule has 0 spiro atoms. The van der Waals surface area contributed by atoms with Gasteiger partial charge in [0.25, 0.3) is 0 Å². The predicted molar refractivity (Wildman–Crippen MR) is 121 cm³/mol. The van der Waals surface area contributed by atoms with Crippen LogP contribution >= 0.6 is 0 Å². The van der Waals surface area contributed by atoms with E-state index in [1.165, 1.54) is 0 Å². The number of aliphatic hydroxyl groups is 1. The molecule has 6 nitrogen and oxygen atoms in total.